The molecule has 1 saturated carbocycles. The third-order valence-corrected chi connectivity index (χ3v) is 4.58. The van der Waals surface area contributed by atoms with E-state index in [1.54, 1.807) is 6.92 Å². The van der Waals surface area contributed by atoms with Gasteiger partial charge in [0.1, 0.15) is 11.6 Å². The van der Waals surface area contributed by atoms with Gasteiger partial charge in [-0.15, -0.1) is 0 Å². The van der Waals surface area contributed by atoms with Crippen LogP contribution in [0.25, 0.3) is 0 Å². The van der Waals surface area contributed by atoms with Crippen LogP contribution in [-0.2, 0) is 0 Å². The Morgan fingerprint density at radius 3 is 2.39 bits per heavy atom. The molecule has 0 radical (unpaired) electrons. The van der Waals surface area contributed by atoms with Crippen LogP contribution in [-0.4, -0.2) is 0 Å². The maximum absolute atomic E-state index is 14.0. The molecule has 0 heterocycles. The van der Waals surface area contributed by atoms with Gasteiger partial charge < -0.3 is 5.73 Å². The summed E-state index contributed by atoms with van der Waals surface area (Å²) in [6.07, 6.45) is 5.22. The summed E-state index contributed by atoms with van der Waals surface area (Å²) in [6, 6.07) is 2.13. The maximum Gasteiger partial charge on any atom is 0.128 e. The van der Waals surface area contributed by atoms with Crippen molar-refractivity contribution in [1.82, 2.24) is 0 Å². The van der Waals surface area contributed by atoms with Gasteiger partial charge in [-0.1, -0.05) is 19.8 Å². The molecule has 1 unspecified atom stereocenters. The lowest BCUT2D eigenvalue weighted by atomic mass is 9.73. The lowest BCUT2D eigenvalue weighted by Crippen LogP contribution is -2.32. The van der Waals surface area contributed by atoms with E-state index < -0.39 is 6.04 Å². The number of aryl methyl sites for hydroxylation is 1. The molecule has 1 aromatic rings. The predicted octanol–water partition coefficient (Wildman–Crippen LogP) is 4.24. The van der Waals surface area contributed by atoms with E-state index in [0.717, 1.165) is 32.1 Å². The van der Waals surface area contributed by atoms with Crippen LogP contribution in [0.2, 0.25) is 0 Å². The van der Waals surface area contributed by atoms with Crippen molar-refractivity contribution in [3.05, 3.63) is 34.9 Å². The van der Waals surface area contributed by atoms with Gasteiger partial charge in [0.15, 0.2) is 0 Å². The minimum Gasteiger partial charge on any atom is -0.323 e. The molecule has 0 aliphatic heterocycles. The van der Waals surface area contributed by atoms with Crippen LogP contribution in [0.5, 0.6) is 0 Å². The zero-order valence-electron chi connectivity index (χ0n) is 11.1. The third kappa shape index (κ3) is 2.16. The molecule has 0 spiro atoms. The van der Waals surface area contributed by atoms with E-state index in [4.69, 9.17) is 5.73 Å². The largest absolute Gasteiger partial charge is 0.323 e. The van der Waals surface area contributed by atoms with E-state index in [0.29, 0.717) is 11.1 Å². The Labute approximate surface area is 107 Å². The molecule has 0 amide bonds. The van der Waals surface area contributed by atoms with Gasteiger partial charge in [0.25, 0.3) is 0 Å². The van der Waals surface area contributed by atoms with Crippen LogP contribution in [0, 0.1) is 24.0 Å². The first kappa shape index (κ1) is 13.5. The molecule has 18 heavy (non-hydrogen) atoms. The summed E-state index contributed by atoms with van der Waals surface area (Å²) >= 11 is 0. The summed E-state index contributed by atoms with van der Waals surface area (Å²) in [5.74, 6) is -0.743. The Balaban J connectivity index is 2.39. The summed E-state index contributed by atoms with van der Waals surface area (Å²) < 4.78 is 27.6. The minimum absolute atomic E-state index is 0.0530. The average molecular weight is 253 g/mol. The first-order chi connectivity index (χ1) is 8.50. The lowest BCUT2D eigenvalue weighted by molar-refractivity contribution is 0.218. The molecule has 0 saturated heterocycles. The summed E-state index contributed by atoms with van der Waals surface area (Å²) in [7, 11) is 0. The number of nitrogens with two attached hydrogens (primary N) is 1. The average Bonchev–Trinajstić information content (AvgIpc) is 2.83. The highest BCUT2D eigenvalue weighted by molar-refractivity contribution is 5.29. The van der Waals surface area contributed by atoms with Gasteiger partial charge in [-0.2, -0.15) is 0 Å². The lowest BCUT2D eigenvalue weighted by Gasteiger charge is -2.35. The molecule has 0 bridgehead atoms. The second kappa shape index (κ2) is 4.96. The molecular weight excluding hydrogens is 232 g/mol. The highest BCUT2D eigenvalue weighted by atomic mass is 19.1. The molecule has 1 aliphatic rings. The van der Waals surface area contributed by atoms with Crippen LogP contribution in [0.3, 0.4) is 0 Å². The van der Waals surface area contributed by atoms with E-state index in [9.17, 15) is 8.78 Å². The van der Waals surface area contributed by atoms with Crippen molar-refractivity contribution >= 4 is 0 Å². The van der Waals surface area contributed by atoms with Gasteiger partial charge in [-0.25, -0.2) is 8.78 Å². The summed E-state index contributed by atoms with van der Waals surface area (Å²) in [6.45, 7) is 3.66. The van der Waals surface area contributed by atoms with Crippen LogP contribution in [0.4, 0.5) is 8.78 Å². The predicted molar refractivity (Wildman–Crippen MR) is 69.2 cm³/mol. The molecular formula is C15H21F2N. The summed E-state index contributed by atoms with van der Waals surface area (Å²) in [5.41, 5.74) is 6.87. The minimum atomic E-state index is -0.403. The van der Waals surface area contributed by atoms with Crippen molar-refractivity contribution in [2.45, 2.75) is 52.0 Å². The summed E-state index contributed by atoms with van der Waals surface area (Å²) in [5, 5.41) is 0. The number of hydrogen-bond donors (Lipinski definition) is 1. The molecule has 1 atom stereocenters. The molecule has 3 heteroatoms. The zero-order chi connectivity index (χ0) is 13.3. The van der Waals surface area contributed by atoms with Crippen molar-refractivity contribution in [1.29, 1.82) is 0 Å². The fourth-order valence-electron chi connectivity index (χ4n) is 3.19. The van der Waals surface area contributed by atoms with Crippen LogP contribution in [0.1, 0.15) is 56.2 Å². The van der Waals surface area contributed by atoms with Crippen LogP contribution in [0.15, 0.2) is 12.1 Å². The van der Waals surface area contributed by atoms with Crippen molar-refractivity contribution < 1.29 is 8.78 Å². The highest BCUT2D eigenvalue weighted by Gasteiger charge is 2.39. The Bertz CT molecular complexity index is 436. The van der Waals surface area contributed by atoms with Crippen molar-refractivity contribution in [3.63, 3.8) is 0 Å². The second-order valence-corrected chi connectivity index (χ2v) is 5.52. The first-order valence-corrected chi connectivity index (χ1v) is 6.71. The zero-order valence-corrected chi connectivity index (χ0v) is 11.1. The standard InChI is InChI=1S/C15H21F2N/c1-3-15(6-4-5-7-15)14(18)11-9-12(16)10(2)8-13(11)17/h8-9,14H,3-7,18H2,1-2H3. The molecule has 2 N–H and O–H groups in total. The SMILES string of the molecule is CCC1(C(N)c2cc(F)c(C)cc2F)CCCC1. The van der Waals surface area contributed by atoms with E-state index in [1.807, 2.05) is 0 Å². The van der Waals surface area contributed by atoms with Crippen molar-refractivity contribution in [3.8, 4) is 0 Å². The number of rotatable bonds is 3. The molecule has 100 valence electrons. The van der Waals surface area contributed by atoms with E-state index in [1.165, 1.54) is 12.1 Å². The van der Waals surface area contributed by atoms with Crippen LogP contribution < -0.4 is 5.73 Å². The second-order valence-electron chi connectivity index (χ2n) is 5.52. The third-order valence-electron chi connectivity index (χ3n) is 4.58. The van der Waals surface area contributed by atoms with Gasteiger partial charge in [0.2, 0.25) is 0 Å². The monoisotopic (exact) mass is 253 g/mol. The summed E-state index contributed by atoms with van der Waals surface area (Å²) in [4.78, 5) is 0. The molecule has 1 nitrogen and oxygen atoms in total. The van der Waals surface area contributed by atoms with E-state index >= 15 is 0 Å². The van der Waals surface area contributed by atoms with Crippen molar-refractivity contribution in [2.24, 2.45) is 11.1 Å². The van der Waals surface area contributed by atoms with E-state index in [-0.39, 0.29) is 17.0 Å². The van der Waals surface area contributed by atoms with Crippen LogP contribution >= 0.6 is 0 Å². The fraction of sp³-hybridized carbons (Fsp3) is 0.600. The fourth-order valence-corrected chi connectivity index (χ4v) is 3.19. The van der Waals surface area contributed by atoms with Gasteiger partial charge in [-0.05, 0) is 49.3 Å². The smallest absolute Gasteiger partial charge is 0.128 e. The Morgan fingerprint density at radius 2 is 1.83 bits per heavy atom. The van der Waals surface area contributed by atoms with Gasteiger partial charge in [0.05, 0.1) is 0 Å². The van der Waals surface area contributed by atoms with E-state index in [2.05, 4.69) is 6.92 Å². The molecule has 1 aliphatic carbocycles. The normalized spacial score (nSPS) is 20.1. The Morgan fingerprint density at radius 1 is 1.22 bits per heavy atom. The number of halogens is 2. The van der Waals surface area contributed by atoms with Gasteiger partial charge in [0, 0.05) is 11.6 Å². The molecule has 0 aromatic heterocycles. The Hall–Kier alpha value is -0.960. The van der Waals surface area contributed by atoms with Gasteiger partial charge >= 0.3 is 0 Å². The number of benzene rings is 1. The molecule has 2 rings (SSSR count). The topological polar surface area (TPSA) is 26.0 Å². The first-order valence-electron chi connectivity index (χ1n) is 6.71. The maximum atomic E-state index is 14.0. The van der Waals surface area contributed by atoms with Crippen molar-refractivity contribution in [2.75, 3.05) is 0 Å². The Kier molecular flexibility index (Phi) is 3.71. The molecule has 1 aromatic carbocycles. The van der Waals surface area contributed by atoms with Gasteiger partial charge in [-0.3, -0.25) is 0 Å². The quantitative estimate of drug-likeness (QED) is 0.856. The number of hydrogen-bond acceptors (Lipinski definition) is 1. The molecule has 1 fully saturated rings. The highest BCUT2D eigenvalue weighted by Crippen LogP contribution is 2.49.